The number of halogens is 1. The molecule has 0 saturated carbocycles. The number of pyridine rings is 1. The fourth-order valence-electron chi connectivity index (χ4n) is 4.15. The van der Waals surface area contributed by atoms with Crippen molar-refractivity contribution in [2.24, 2.45) is 0 Å². The van der Waals surface area contributed by atoms with E-state index in [0.717, 1.165) is 28.1 Å². The predicted molar refractivity (Wildman–Crippen MR) is 123 cm³/mol. The lowest BCUT2D eigenvalue weighted by atomic mass is 10.1. The van der Waals surface area contributed by atoms with Gasteiger partial charge in [-0.25, -0.2) is 9.37 Å². The van der Waals surface area contributed by atoms with Gasteiger partial charge in [0, 0.05) is 32.0 Å². The maximum atomic E-state index is 13.9. The number of ether oxygens (including phenoxy) is 1. The molecule has 1 aliphatic rings. The highest BCUT2D eigenvalue weighted by atomic mass is 19.1. The van der Waals surface area contributed by atoms with Crippen molar-refractivity contribution < 1.29 is 13.9 Å². The lowest BCUT2D eigenvalue weighted by Gasteiger charge is -2.32. The number of carbonyl (C=O) groups is 1. The number of nitrogens with one attached hydrogen (secondary N) is 1. The average Bonchev–Trinajstić information content (AvgIpc) is 3.28. The van der Waals surface area contributed by atoms with Crippen molar-refractivity contribution >= 4 is 16.9 Å². The number of H-pyrrole nitrogens is 1. The average molecular weight is 445 g/mol. The van der Waals surface area contributed by atoms with Crippen molar-refractivity contribution in [3.63, 3.8) is 0 Å². The molecule has 1 fully saturated rings. The summed E-state index contributed by atoms with van der Waals surface area (Å²) in [7, 11) is 0. The number of aromatic nitrogens is 3. The number of para-hydroxylation sites is 2. The number of fused-ring (bicyclic) bond motifs is 1. The normalized spacial score (nSPS) is 16.3. The van der Waals surface area contributed by atoms with Gasteiger partial charge in [-0.2, -0.15) is 0 Å². The summed E-state index contributed by atoms with van der Waals surface area (Å²) in [5.41, 5.74) is 4.24. The largest absolute Gasteiger partial charge is 0.368 e. The van der Waals surface area contributed by atoms with Gasteiger partial charge < -0.3 is 14.6 Å². The van der Waals surface area contributed by atoms with Crippen molar-refractivity contribution in [1.29, 1.82) is 0 Å². The molecule has 1 atom stereocenters. The Morgan fingerprint density at radius 1 is 1.12 bits per heavy atom. The number of aromatic amines is 1. The number of carbonyl (C=O) groups excluding carboxylic acids is 1. The van der Waals surface area contributed by atoms with Crippen LogP contribution in [0.15, 0.2) is 66.9 Å². The third-order valence-electron chi connectivity index (χ3n) is 5.96. The van der Waals surface area contributed by atoms with E-state index in [1.807, 2.05) is 47.4 Å². The molecule has 5 rings (SSSR count). The Balaban J connectivity index is 1.18. The first-order chi connectivity index (χ1) is 16.2. The molecular weight excluding hydrogens is 419 g/mol. The van der Waals surface area contributed by atoms with E-state index in [0.29, 0.717) is 44.5 Å². The molecule has 33 heavy (non-hydrogen) atoms. The van der Waals surface area contributed by atoms with E-state index >= 15 is 0 Å². The highest BCUT2D eigenvalue weighted by molar-refractivity contribution is 5.77. The summed E-state index contributed by atoms with van der Waals surface area (Å²) >= 11 is 0. The Morgan fingerprint density at radius 2 is 1.97 bits per heavy atom. The van der Waals surface area contributed by atoms with E-state index in [2.05, 4.69) is 15.0 Å². The van der Waals surface area contributed by atoms with Gasteiger partial charge in [-0.15, -0.1) is 0 Å². The van der Waals surface area contributed by atoms with Crippen LogP contribution in [-0.2, 0) is 22.4 Å². The highest BCUT2D eigenvalue weighted by Gasteiger charge is 2.26. The maximum Gasteiger partial charge on any atom is 0.223 e. The summed E-state index contributed by atoms with van der Waals surface area (Å²) < 4.78 is 19.8. The van der Waals surface area contributed by atoms with E-state index in [-0.39, 0.29) is 17.8 Å². The lowest BCUT2D eigenvalue weighted by Crippen LogP contribution is -2.42. The van der Waals surface area contributed by atoms with Crippen LogP contribution < -0.4 is 0 Å². The Bertz CT molecular complexity index is 1220. The molecule has 0 radical (unpaired) electrons. The zero-order chi connectivity index (χ0) is 22.6. The smallest absolute Gasteiger partial charge is 0.223 e. The summed E-state index contributed by atoms with van der Waals surface area (Å²) in [6, 6.07) is 18.5. The highest BCUT2D eigenvalue weighted by Crippen LogP contribution is 2.22. The molecule has 4 aromatic rings. The van der Waals surface area contributed by atoms with Crippen LogP contribution in [0.4, 0.5) is 4.39 Å². The van der Waals surface area contributed by atoms with Crippen molar-refractivity contribution in [3.05, 3.63) is 95.3 Å². The second-order valence-electron chi connectivity index (χ2n) is 8.26. The number of hydrogen-bond acceptors (Lipinski definition) is 4. The zero-order valence-corrected chi connectivity index (χ0v) is 18.2. The lowest BCUT2D eigenvalue weighted by molar-refractivity contribution is -0.139. The number of rotatable bonds is 6. The van der Waals surface area contributed by atoms with E-state index < -0.39 is 0 Å². The van der Waals surface area contributed by atoms with Crippen LogP contribution in [0.1, 0.15) is 35.2 Å². The zero-order valence-electron chi connectivity index (χ0n) is 18.2. The number of hydrogen-bond donors (Lipinski definition) is 1. The molecule has 3 heterocycles. The quantitative estimate of drug-likeness (QED) is 0.483. The van der Waals surface area contributed by atoms with Gasteiger partial charge in [-0.3, -0.25) is 9.78 Å². The van der Waals surface area contributed by atoms with Crippen molar-refractivity contribution in [3.8, 4) is 0 Å². The molecule has 0 unspecified atom stereocenters. The molecule has 1 N–H and O–H groups in total. The molecule has 1 saturated heterocycles. The molecule has 2 aromatic heterocycles. The van der Waals surface area contributed by atoms with Crippen LogP contribution in [0.5, 0.6) is 0 Å². The van der Waals surface area contributed by atoms with Crippen LogP contribution in [0.3, 0.4) is 0 Å². The second kappa shape index (κ2) is 9.50. The minimum Gasteiger partial charge on any atom is -0.368 e. The van der Waals surface area contributed by atoms with Gasteiger partial charge >= 0.3 is 0 Å². The van der Waals surface area contributed by atoms with Crippen LogP contribution >= 0.6 is 0 Å². The molecule has 6 nitrogen and oxygen atoms in total. The number of imidazole rings is 1. The number of aryl methyl sites for hydroxylation is 1. The van der Waals surface area contributed by atoms with Crippen LogP contribution in [0, 0.1) is 5.82 Å². The second-order valence-corrected chi connectivity index (χ2v) is 8.26. The van der Waals surface area contributed by atoms with Gasteiger partial charge in [0.05, 0.1) is 29.9 Å². The number of nitrogens with zero attached hydrogens (tertiary/aromatic N) is 3. The van der Waals surface area contributed by atoms with Crippen molar-refractivity contribution in [2.45, 2.75) is 25.4 Å². The van der Waals surface area contributed by atoms with E-state index in [9.17, 15) is 9.18 Å². The van der Waals surface area contributed by atoms with Crippen molar-refractivity contribution in [2.75, 3.05) is 19.7 Å². The summed E-state index contributed by atoms with van der Waals surface area (Å²) in [5.74, 6) is 0.690. The minimum atomic E-state index is -0.267. The van der Waals surface area contributed by atoms with Crippen LogP contribution in [0.2, 0.25) is 0 Å². The Morgan fingerprint density at radius 3 is 2.79 bits per heavy atom. The van der Waals surface area contributed by atoms with Crippen LogP contribution in [-0.4, -0.2) is 45.5 Å². The van der Waals surface area contributed by atoms with Crippen LogP contribution in [0.25, 0.3) is 11.0 Å². The van der Waals surface area contributed by atoms with Gasteiger partial charge in [0.1, 0.15) is 17.7 Å². The van der Waals surface area contributed by atoms with E-state index in [4.69, 9.17) is 4.74 Å². The summed E-state index contributed by atoms with van der Waals surface area (Å²) in [4.78, 5) is 27.0. The molecule has 0 bridgehead atoms. The SMILES string of the molecule is O=C(CCc1nc2ccccc2[nH]1)N1CCO[C@H](c2ccc(Cc3ccccc3F)cn2)C1. The van der Waals surface area contributed by atoms with Crippen molar-refractivity contribution in [1.82, 2.24) is 19.9 Å². The van der Waals surface area contributed by atoms with E-state index in [1.165, 1.54) is 6.07 Å². The molecule has 168 valence electrons. The van der Waals surface area contributed by atoms with Gasteiger partial charge in [-0.05, 0) is 35.4 Å². The summed E-state index contributed by atoms with van der Waals surface area (Å²) in [5, 5.41) is 0. The number of morpholine rings is 1. The molecule has 1 amide bonds. The Hall–Kier alpha value is -3.58. The van der Waals surface area contributed by atoms with Gasteiger partial charge in [-0.1, -0.05) is 36.4 Å². The van der Waals surface area contributed by atoms with E-state index in [1.54, 1.807) is 18.3 Å². The number of amides is 1. The third kappa shape index (κ3) is 4.93. The standard InChI is InChI=1S/C26H25FN4O2/c27-20-6-2-1-5-19(20)15-18-9-10-23(28-16-18)24-17-31(13-14-33-24)26(32)12-11-25-29-21-7-3-4-8-22(21)30-25/h1-10,16,24H,11-15,17H2,(H,29,30)/t24-/m0/s1. The van der Waals surface area contributed by atoms with Gasteiger partial charge in [0.25, 0.3) is 0 Å². The molecule has 7 heteroatoms. The minimum absolute atomic E-state index is 0.0833. The fraction of sp³-hybridized carbons (Fsp3) is 0.269. The summed E-state index contributed by atoms with van der Waals surface area (Å²) in [6.07, 6.45) is 2.93. The number of benzene rings is 2. The maximum absolute atomic E-state index is 13.9. The predicted octanol–water partition coefficient (Wildman–Crippen LogP) is 4.22. The Labute approximate surface area is 191 Å². The molecule has 2 aromatic carbocycles. The molecule has 0 spiro atoms. The molecular formula is C26H25FN4O2. The fourth-order valence-corrected chi connectivity index (χ4v) is 4.15. The Kier molecular flexibility index (Phi) is 6.13. The first-order valence-electron chi connectivity index (χ1n) is 11.2. The van der Waals surface area contributed by atoms with Gasteiger partial charge in [0.2, 0.25) is 5.91 Å². The first-order valence-corrected chi connectivity index (χ1v) is 11.2. The van der Waals surface area contributed by atoms with Gasteiger partial charge in [0.15, 0.2) is 0 Å². The topological polar surface area (TPSA) is 71.1 Å². The molecule has 1 aliphatic heterocycles. The molecule has 0 aliphatic carbocycles. The first kappa shape index (κ1) is 21.3. The summed E-state index contributed by atoms with van der Waals surface area (Å²) in [6.45, 7) is 1.51. The third-order valence-corrected chi connectivity index (χ3v) is 5.96. The monoisotopic (exact) mass is 444 g/mol.